The summed E-state index contributed by atoms with van der Waals surface area (Å²) in [5.74, 6) is -0.849. The molecule has 3 rings (SSSR count). The minimum atomic E-state index is -0.455. The van der Waals surface area contributed by atoms with Crippen molar-refractivity contribution in [2.45, 2.75) is 20.8 Å². The van der Waals surface area contributed by atoms with Crippen molar-refractivity contribution < 1.29 is 14.3 Å². The Labute approximate surface area is 181 Å². The number of ether oxygens (including phenoxy) is 1. The first-order valence-corrected chi connectivity index (χ1v) is 9.72. The van der Waals surface area contributed by atoms with Crippen molar-refractivity contribution in [3.63, 3.8) is 0 Å². The summed E-state index contributed by atoms with van der Waals surface area (Å²) in [4.78, 5) is 24.3. The van der Waals surface area contributed by atoms with E-state index in [0.717, 1.165) is 28.2 Å². The largest absolute Gasteiger partial charge is 0.465 e. The first kappa shape index (κ1) is 21.6. The molecular weight excluding hydrogens is 390 g/mol. The van der Waals surface area contributed by atoms with E-state index in [1.54, 1.807) is 24.3 Å². The zero-order chi connectivity index (χ0) is 22.5. The summed E-state index contributed by atoms with van der Waals surface area (Å²) in [5, 5.41) is 12.4. The van der Waals surface area contributed by atoms with Crippen LogP contribution in [0.3, 0.4) is 0 Å². The van der Waals surface area contributed by atoms with Gasteiger partial charge in [0.05, 0.1) is 12.7 Å². The zero-order valence-electron chi connectivity index (χ0n) is 17.9. The van der Waals surface area contributed by atoms with E-state index < -0.39 is 11.9 Å². The Morgan fingerprint density at radius 2 is 1.74 bits per heavy atom. The number of amides is 1. The van der Waals surface area contributed by atoms with Gasteiger partial charge in [-0.3, -0.25) is 4.79 Å². The van der Waals surface area contributed by atoms with E-state index in [9.17, 15) is 14.9 Å². The molecule has 0 unspecified atom stereocenters. The molecule has 6 nitrogen and oxygen atoms in total. The second kappa shape index (κ2) is 9.14. The molecule has 156 valence electrons. The normalized spacial score (nSPS) is 11.0. The molecule has 0 spiro atoms. The predicted octanol–water partition coefficient (Wildman–Crippen LogP) is 4.73. The molecule has 0 radical (unpaired) electrons. The van der Waals surface area contributed by atoms with E-state index in [-0.39, 0.29) is 5.57 Å². The summed E-state index contributed by atoms with van der Waals surface area (Å²) in [6.07, 6.45) is 1.59. The molecule has 31 heavy (non-hydrogen) atoms. The van der Waals surface area contributed by atoms with Crippen LogP contribution in [0.2, 0.25) is 0 Å². The van der Waals surface area contributed by atoms with Crippen LogP contribution in [0, 0.1) is 32.1 Å². The Kier molecular flexibility index (Phi) is 6.37. The van der Waals surface area contributed by atoms with Crippen LogP contribution in [-0.4, -0.2) is 23.6 Å². The second-order valence-corrected chi connectivity index (χ2v) is 7.14. The number of nitrogens with one attached hydrogen (secondary N) is 1. The summed E-state index contributed by atoms with van der Waals surface area (Å²) < 4.78 is 6.74. The lowest BCUT2D eigenvalue weighted by Crippen LogP contribution is -2.14. The third-order valence-electron chi connectivity index (χ3n) is 5.08. The van der Waals surface area contributed by atoms with Gasteiger partial charge in [0.15, 0.2) is 0 Å². The van der Waals surface area contributed by atoms with Crippen molar-refractivity contribution in [1.82, 2.24) is 4.57 Å². The number of carbonyl (C=O) groups is 2. The summed E-state index contributed by atoms with van der Waals surface area (Å²) in [5.41, 5.74) is 5.52. The Bertz CT molecular complexity index is 1210. The highest BCUT2D eigenvalue weighted by atomic mass is 16.5. The number of aromatic nitrogens is 1. The lowest BCUT2D eigenvalue weighted by atomic mass is 10.1. The third-order valence-corrected chi connectivity index (χ3v) is 5.08. The standard InChI is InChI=1S/C25H23N3O3/c1-16-7-5-6-8-23(16)27-24(29)21(15-26)14-20-13-17(2)28(18(20)3)22-11-9-19(10-12-22)25(30)31-4/h5-14H,1-4H3,(H,27,29)/b21-14-. The van der Waals surface area contributed by atoms with Crippen LogP contribution in [0.1, 0.15) is 32.9 Å². The number of aryl methyl sites for hydroxylation is 2. The van der Waals surface area contributed by atoms with Gasteiger partial charge in [-0.25, -0.2) is 4.79 Å². The molecule has 1 heterocycles. The fraction of sp³-hybridized carbons (Fsp3) is 0.160. The molecule has 0 aliphatic carbocycles. The highest BCUT2D eigenvalue weighted by Crippen LogP contribution is 2.24. The van der Waals surface area contributed by atoms with Crippen LogP contribution in [0.25, 0.3) is 11.8 Å². The lowest BCUT2D eigenvalue weighted by Gasteiger charge is -2.10. The number of carbonyl (C=O) groups excluding carboxylic acids is 2. The van der Waals surface area contributed by atoms with Crippen molar-refractivity contribution in [1.29, 1.82) is 5.26 Å². The Hall–Kier alpha value is -4.11. The van der Waals surface area contributed by atoms with E-state index >= 15 is 0 Å². The number of hydrogen-bond donors (Lipinski definition) is 1. The number of methoxy groups -OCH3 is 1. The molecule has 0 saturated heterocycles. The minimum absolute atomic E-state index is 0.0181. The van der Waals surface area contributed by atoms with Gasteiger partial charge in [-0.1, -0.05) is 18.2 Å². The van der Waals surface area contributed by atoms with Crippen LogP contribution < -0.4 is 5.32 Å². The van der Waals surface area contributed by atoms with E-state index in [4.69, 9.17) is 4.74 Å². The molecule has 1 N–H and O–H groups in total. The molecule has 0 atom stereocenters. The maximum absolute atomic E-state index is 12.7. The number of nitrogens with zero attached hydrogens (tertiary/aromatic N) is 2. The average Bonchev–Trinajstić information content (AvgIpc) is 3.05. The third kappa shape index (κ3) is 4.57. The quantitative estimate of drug-likeness (QED) is 0.372. The molecule has 0 aliphatic heterocycles. The minimum Gasteiger partial charge on any atom is -0.465 e. The van der Waals surface area contributed by atoms with Gasteiger partial charge in [-0.05, 0) is 74.4 Å². The summed E-state index contributed by atoms with van der Waals surface area (Å²) >= 11 is 0. The molecule has 0 bridgehead atoms. The predicted molar refractivity (Wildman–Crippen MR) is 120 cm³/mol. The number of rotatable bonds is 5. The van der Waals surface area contributed by atoms with Gasteiger partial charge in [0.25, 0.3) is 5.91 Å². The van der Waals surface area contributed by atoms with Gasteiger partial charge in [-0.2, -0.15) is 5.26 Å². The second-order valence-electron chi connectivity index (χ2n) is 7.14. The van der Waals surface area contributed by atoms with Crippen LogP contribution in [0.15, 0.2) is 60.2 Å². The summed E-state index contributed by atoms with van der Waals surface area (Å²) in [6.45, 7) is 5.75. The summed E-state index contributed by atoms with van der Waals surface area (Å²) in [6, 6.07) is 18.4. The summed E-state index contributed by atoms with van der Waals surface area (Å²) in [7, 11) is 1.34. The van der Waals surface area contributed by atoms with Crippen molar-refractivity contribution in [3.05, 3.63) is 88.2 Å². The van der Waals surface area contributed by atoms with Crippen LogP contribution in [-0.2, 0) is 9.53 Å². The number of anilines is 1. The molecule has 1 amide bonds. The van der Waals surface area contributed by atoms with Crippen molar-refractivity contribution in [2.24, 2.45) is 0 Å². The fourth-order valence-corrected chi connectivity index (χ4v) is 3.40. The average molecular weight is 413 g/mol. The highest BCUT2D eigenvalue weighted by molar-refractivity contribution is 6.10. The van der Waals surface area contributed by atoms with E-state index in [0.29, 0.717) is 11.3 Å². The topological polar surface area (TPSA) is 84.1 Å². The van der Waals surface area contributed by atoms with Crippen LogP contribution in [0.5, 0.6) is 0 Å². The van der Waals surface area contributed by atoms with Crippen molar-refractivity contribution >= 4 is 23.6 Å². The first-order chi connectivity index (χ1) is 14.8. The van der Waals surface area contributed by atoms with Gasteiger partial charge in [-0.15, -0.1) is 0 Å². The lowest BCUT2D eigenvalue weighted by molar-refractivity contribution is -0.112. The smallest absolute Gasteiger partial charge is 0.337 e. The van der Waals surface area contributed by atoms with Gasteiger partial charge in [0.2, 0.25) is 0 Å². The monoisotopic (exact) mass is 413 g/mol. The Balaban J connectivity index is 1.92. The maximum atomic E-state index is 12.7. The van der Waals surface area contributed by atoms with Gasteiger partial charge >= 0.3 is 5.97 Å². The number of esters is 1. The van der Waals surface area contributed by atoms with Crippen LogP contribution >= 0.6 is 0 Å². The number of nitriles is 1. The van der Waals surface area contributed by atoms with Crippen LogP contribution in [0.4, 0.5) is 5.69 Å². The first-order valence-electron chi connectivity index (χ1n) is 9.72. The molecule has 0 fully saturated rings. The van der Waals surface area contributed by atoms with Gasteiger partial charge in [0, 0.05) is 22.8 Å². The number of benzene rings is 2. The molecular formula is C25H23N3O3. The molecule has 0 saturated carbocycles. The van der Waals surface area contributed by atoms with E-state index in [1.165, 1.54) is 7.11 Å². The maximum Gasteiger partial charge on any atom is 0.337 e. The molecule has 3 aromatic rings. The van der Waals surface area contributed by atoms with Gasteiger partial charge < -0.3 is 14.6 Å². The Morgan fingerprint density at radius 3 is 2.35 bits per heavy atom. The number of hydrogen-bond acceptors (Lipinski definition) is 4. The number of para-hydroxylation sites is 1. The van der Waals surface area contributed by atoms with Crippen molar-refractivity contribution in [2.75, 3.05) is 12.4 Å². The van der Waals surface area contributed by atoms with E-state index in [2.05, 4.69) is 5.32 Å². The zero-order valence-corrected chi connectivity index (χ0v) is 17.9. The fourth-order valence-electron chi connectivity index (χ4n) is 3.40. The Morgan fingerprint density at radius 1 is 1.06 bits per heavy atom. The SMILES string of the molecule is COC(=O)c1ccc(-n2c(C)cc(/C=C(/C#N)C(=O)Nc3ccccc3C)c2C)cc1. The molecule has 1 aromatic heterocycles. The van der Waals surface area contributed by atoms with Crippen molar-refractivity contribution in [3.8, 4) is 11.8 Å². The molecule has 0 aliphatic rings. The molecule has 6 heteroatoms. The molecule has 2 aromatic carbocycles. The highest BCUT2D eigenvalue weighted by Gasteiger charge is 2.15. The van der Waals surface area contributed by atoms with E-state index in [1.807, 2.05) is 67.8 Å². The van der Waals surface area contributed by atoms with Gasteiger partial charge in [0.1, 0.15) is 11.6 Å².